The molecule has 0 heterocycles. The van der Waals surface area contributed by atoms with E-state index in [1.807, 2.05) is 0 Å². The number of aryl methyl sites for hydroxylation is 2. The van der Waals surface area contributed by atoms with E-state index in [1.165, 1.54) is 88.2 Å². The first-order valence-corrected chi connectivity index (χ1v) is 25.9. The van der Waals surface area contributed by atoms with Crippen molar-refractivity contribution in [3.63, 3.8) is 0 Å². The smallest absolute Gasteiger partial charge is 0.0406 e. The Hall–Kier alpha value is -7.74. The third kappa shape index (κ3) is 11.7. The molecule has 0 aliphatic rings. The first-order valence-electron chi connectivity index (χ1n) is 25.9. The molecule has 0 aromatic heterocycles. The lowest BCUT2D eigenvalue weighted by Crippen LogP contribution is -1.91. The molecule has 9 aromatic carbocycles. The van der Waals surface area contributed by atoms with Gasteiger partial charge in [0.1, 0.15) is 0 Å². The van der Waals surface area contributed by atoms with Crippen LogP contribution in [0.4, 0.5) is 0 Å². The number of fused-ring (bicyclic) bond motifs is 4. The predicted molar refractivity (Wildman–Crippen MR) is 300 cm³/mol. The van der Waals surface area contributed by atoms with Crippen molar-refractivity contribution in [3.8, 4) is 47.4 Å². The second kappa shape index (κ2) is 24.0. The van der Waals surface area contributed by atoms with Crippen molar-refractivity contribution in [1.82, 2.24) is 0 Å². The molecule has 0 N–H and O–H groups in total. The quantitative estimate of drug-likeness (QED) is 0.0579. The number of hydrogen-bond donors (Lipinski definition) is 0. The number of benzene rings is 9. The van der Waals surface area contributed by atoms with E-state index in [2.05, 4.69) is 231 Å². The minimum atomic E-state index is 0.939. The van der Waals surface area contributed by atoms with Crippen molar-refractivity contribution in [2.75, 3.05) is 0 Å². The Morgan fingerprint density at radius 3 is 0.686 bits per heavy atom. The van der Waals surface area contributed by atoms with Crippen LogP contribution in [-0.2, 0) is 12.8 Å². The molecule has 0 amide bonds. The van der Waals surface area contributed by atoms with Gasteiger partial charge in [-0.15, -0.1) is 0 Å². The number of unbranched alkanes of at least 4 members (excludes halogenated alkanes) is 10. The minimum absolute atomic E-state index is 0.939. The van der Waals surface area contributed by atoms with Gasteiger partial charge in [0.15, 0.2) is 0 Å². The van der Waals surface area contributed by atoms with E-state index < -0.39 is 0 Å². The summed E-state index contributed by atoms with van der Waals surface area (Å²) < 4.78 is 0. The molecule has 0 spiro atoms. The summed E-state index contributed by atoms with van der Waals surface area (Å²) in [6.07, 6.45) is 18.1. The van der Waals surface area contributed by atoms with Gasteiger partial charge in [-0.05, 0) is 128 Å². The molecule has 0 aliphatic heterocycles. The third-order valence-electron chi connectivity index (χ3n) is 13.6. The van der Waals surface area contributed by atoms with Gasteiger partial charge >= 0.3 is 0 Å². The number of rotatable bonds is 14. The molecule has 0 bridgehead atoms. The summed E-state index contributed by atoms with van der Waals surface area (Å²) in [5.74, 6) is 28.4. The molecule has 0 unspecified atom stereocenters. The fraction of sp³-hybridized carbons (Fsp3) is 0.229. The zero-order valence-corrected chi connectivity index (χ0v) is 41.1. The van der Waals surface area contributed by atoms with Crippen LogP contribution in [0, 0.1) is 47.4 Å². The minimum Gasteiger partial charge on any atom is -0.0654 e. The Morgan fingerprint density at radius 1 is 0.229 bits per heavy atom. The predicted octanol–water partition coefficient (Wildman–Crippen LogP) is 17.7. The molecule has 0 nitrogen and oxygen atoms in total. The zero-order chi connectivity index (χ0) is 47.7. The van der Waals surface area contributed by atoms with Crippen molar-refractivity contribution in [1.29, 1.82) is 0 Å². The molecule has 9 aromatic rings. The summed E-state index contributed by atoms with van der Waals surface area (Å²) in [4.78, 5) is 0. The molecule has 0 heteroatoms. The highest BCUT2D eigenvalue weighted by atomic mass is 14.1. The topological polar surface area (TPSA) is 0 Å². The van der Waals surface area contributed by atoms with Gasteiger partial charge < -0.3 is 0 Å². The summed E-state index contributed by atoms with van der Waals surface area (Å²) in [5, 5.41) is 8.91. The summed E-state index contributed by atoms with van der Waals surface area (Å²) in [5.41, 5.74) is 10.8. The van der Waals surface area contributed by atoms with Gasteiger partial charge in [0.25, 0.3) is 0 Å². The van der Waals surface area contributed by atoms with E-state index in [-0.39, 0.29) is 0 Å². The normalized spacial score (nSPS) is 10.8. The lowest BCUT2D eigenvalue weighted by molar-refractivity contribution is 0.607. The van der Waals surface area contributed by atoms with Crippen molar-refractivity contribution in [2.24, 2.45) is 0 Å². The maximum absolute atomic E-state index is 3.60. The molecular formula is C70H62. The van der Waals surface area contributed by atoms with Crippen molar-refractivity contribution >= 4 is 43.1 Å². The van der Waals surface area contributed by atoms with Gasteiger partial charge in [0.05, 0.1) is 0 Å². The van der Waals surface area contributed by atoms with Gasteiger partial charge in [-0.2, -0.15) is 0 Å². The van der Waals surface area contributed by atoms with Crippen LogP contribution in [-0.4, -0.2) is 0 Å². The van der Waals surface area contributed by atoms with E-state index in [1.54, 1.807) is 0 Å². The van der Waals surface area contributed by atoms with Crippen LogP contribution < -0.4 is 0 Å². The van der Waals surface area contributed by atoms with Crippen LogP contribution in [0.2, 0.25) is 0 Å². The molecular weight excluding hydrogens is 841 g/mol. The summed E-state index contributed by atoms with van der Waals surface area (Å²) in [6, 6.07) is 60.2. The van der Waals surface area contributed by atoms with Crippen LogP contribution in [0.3, 0.4) is 0 Å². The van der Waals surface area contributed by atoms with E-state index in [0.717, 1.165) is 100 Å². The van der Waals surface area contributed by atoms with Crippen LogP contribution in [0.15, 0.2) is 170 Å². The van der Waals surface area contributed by atoms with Crippen LogP contribution in [0.1, 0.15) is 147 Å². The average molecular weight is 903 g/mol. The van der Waals surface area contributed by atoms with Gasteiger partial charge in [0, 0.05) is 44.5 Å². The van der Waals surface area contributed by atoms with Gasteiger partial charge in [-0.1, -0.05) is 247 Å². The Balaban J connectivity index is 0.946. The maximum Gasteiger partial charge on any atom is 0.0406 e. The summed E-state index contributed by atoms with van der Waals surface area (Å²) >= 11 is 0. The molecule has 0 saturated carbocycles. The monoisotopic (exact) mass is 902 g/mol. The molecule has 0 atom stereocenters. The Bertz CT molecular complexity index is 3150. The second-order valence-electron chi connectivity index (χ2n) is 18.7. The molecule has 0 fully saturated rings. The zero-order valence-electron chi connectivity index (χ0n) is 41.1. The SMILES string of the molecule is CCCCCCCCc1ccc(C#Cc2c3ccccc3c(C#Cc3ccc(C#Cc4c5ccccc5c(C#Cc5ccc(CCCCCCCC)cc5)c5ccccc45)cc3)c3ccccc23)cc1. The highest BCUT2D eigenvalue weighted by molar-refractivity contribution is 6.11. The van der Waals surface area contributed by atoms with Gasteiger partial charge in [0.2, 0.25) is 0 Å². The summed E-state index contributed by atoms with van der Waals surface area (Å²) in [6.45, 7) is 4.55. The fourth-order valence-electron chi connectivity index (χ4n) is 9.70. The highest BCUT2D eigenvalue weighted by Crippen LogP contribution is 2.34. The second-order valence-corrected chi connectivity index (χ2v) is 18.7. The molecule has 0 aliphatic carbocycles. The molecule has 0 radical (unpaired) electrons. The van der Waals surface area contributed by atoms with E-state index in [0.29, 0.717) is 0 Å². The van der Waals surface area contributed by atoms with Crippen molar-refractivity contribution in [3.05, 3.63) is 225 Å². The molecule has 0 saturated heterocycles. The van der Waals surface area contributed by atoms with E-state index >= 15 is 0 Å². The van der Waals surface area contributed by atoms with Crippen LogP contribution in [0.25, 0.3) is 43.1 Å². The Labute approximate surface area is 417 Å². The fourth-order valence-corrected chi connectivity index (χ4v) is 9.70. The highest BCUT2D eigenvalue weighted by Gasteiger charge is 2.13. The molecule has 342 valence electrons. The van der Waals surface area contributed by atoms with Crippen molar-refractivity contribution < 1.29 is 0 Å². The van der Waals surface area contributed by atoms with Crippen LogP contribution >= 0.6 is 0 Å². The lowest BCUT2D eigenvalue weighted by atomic mass is 9.91. The maximum atomic E-state index is 3.60. The first kappa shape index (κ1) is 47.3. The summed E-state index contributed by atoms with van der Waals surface area (Å²) in [7, 11) is 0. The van der Waals surface area contributed by atoms with Gasteiger partial charge in [-0.3, -0.25) is 0 Å². The first-order chi connectivity index (χ1) is 34.7. The van der Waals surface area contributed by atoms with Crippen LogP contribution in [0.5, 0.6) is 0 Å². The Kier molecular flexibility index (Phi) is 16.2. The molecule has 9 rings (SSSR count). The standard InChI is InChI=1S/C70H62/c1-3-5-7-9-11-13-23-53-33-37-55(38-34-53)45-49-67-59-25-15-19-29-63(59)69(64-30-20-16-26-60(64)67)51-47-57-41-43-58(44-42-57)48-52-70-65-31-21-17-27-61(65)68(62-28-18-22-32-66(62)70)50-46-56-39-35-54(36-40-56)24-14-12-10-8-6-4-2/h15-22,25-44H,3-14,23-24H2,1-2H3. The van der Waals surface area contributed by atoms with E-state index in [4.69, 9.17) is 0 Å². The van der Waals surface area contributed by atoms with E-state index in [9.17, 15) is 0 Å². The Morgan fingerprint density at radius 2 is 0.443 bits per heavy atom. The largest absolute Gasteiger partial charge is 0.0654 e. The average Bonchev–Trinajstić information content (AvgIpc) is 3.41. The third-order valence-corrected chi connectivity index (χ3v) is 13.6. The van der Waals surface area contributed by atoms with Gasteiger partial charge in [-0.25, -0.2) is 0 Å². The molecule has 70 heavy (non-hydrogen) atoms. The lowest BCUT2D eigenvalue weighted by Gasteiger charge is -2.10. The van der Waals surface area contributed by atoms with Crippen molar-refractivity contribution in [2.45, 2.75) is 104 Å². The number of hydrogen-bond acceptors (Lipinski definition) is 0.